The molecule has 1 rings (SSSR count). The van der Waals surface area contributed by atoms with Crippen molar-refractivity contribution in [3.05, 3.63) is 34.9 Å². The molecule has 0 aliphatic heterocycles. The summed E-state index contributed by atoms with van der Waals surface area (Å²) in [5.41, 5.74) is 1.46. The van der Waals surface area contributed by atoms with Gasteiger partial charge in [0, 0.05) is 16.7 Å². The van der Waals surface area contributed by atoms with Crippen molar-refractivity contribution >= 4 is 23.1 Å². The zero-order chi connectivity index (χ0) is 13.7. The maximum absolute atomic E-state index is 10.9. The van der Waals surface area contributed by atoms with Crippen LogP contribution in [0.2, 0.25) is 5.02 Å². The van der Waals surface area contributed by atoms with Gasteiger partial charge >= 0.3 is 5.97 Å². The summed E-state index contributed by atoms with van der Waals surface area (Å²) in [5, 5.41) is 9.50. The van der Waals surface area contributed by atoms with Crippen LogP contribution in [0.15, 0.2) is 24.3 Å². The van der Waals surface area contributed by atoms with Gasteiger partial charge < -0.3 is 9.84 Å². The lowest BCUT2D eigenvalue weighted by Gasteiger charge is -2.14. The van der Waals surface area contributed by atoms with Gasteiger partial charge in [-0.3, -0.25) is 0 Å². The fourth-order valence-electron chi connectivity index (χ4n) is 1.77. The molecule has 0 aliphatic carbocycles. The minimum Gasteiger partial charge on any atom is -0.496 e. The molecule has 1 aromatic rings. The van der Waals surface area contributed by atoms with Gasteiger partial charge in [-0.05, 0) is 36.1 Å². The molecule has 0 spiro atoms. The molecule has 0 aromatic heterocycles. The van der Waals surface area contributed by atoms with Crippen molar-refractivity contribution in [1.29, 1.82) is 0 Å². The number of halogens is 1. The minimum absolute atomic E-state index is 0.347. The third-order valence-electron chi connectivity index (χ3n) is 2.43. The molecular formula is C14H17ClO3. The molecule has 0 fully saturated rings. The fraction of sp³-hybridized carbons (Fsp3) is 0.357. The monoisotopic (exact) mass is 268 g/mol. The SMILES string of the molecule is COc1ccc(Cl)cc1/C(=C/C(=O)O)CC(C)C. The molecule has 1 N–H and O–H groups in total. The van der Waals surface area contributed by atoms with Crippen LogP contribution in [0, 0.1) is 5.92 Å². The van der Waals surface area contributed by atoms with Crippen LogP contribution in [-0.4, -0.2) is 18.2 Å². The third-order valence-corrected chi connectivity index (χ3v) is 2.67. The van der Waals surface area contributed by atoms with E-state index < -0.39 is 5.97 Å². The molecule has 0 atom stereocenters. The normalized spacial score (nSPS) is 11.7. The molecule has 98 valence electrons. The number of benzene rings is 1. The van der Waals surface area contributed by atoms with Crippen molar-refractivity contribution < 1.29 is 14.6 Å². The van der Waals surface area contributed by atoms with Gasteiger partial charge in [0.1, 0.15) is 5.75 Å². The van der Waals surface area contributed by atoms with E-state index in [0.29, 0.717) is 23.1 Å². The molecule has 0 aliphatic rings. The number of carbonyl (C=O) groups is 1. The quantitative estimate of drug-likeness (QED) is 0.825. The average molecular weight is 269 g/mol. The largest absolute Gasteiger partial charge is 0.496 e. The highest BCUT2D eigenvalue weighted by Gasteiger charge is 2.12. The van der Waals surface area contributed by atoms with Crippen molar-refractivity contribution in [2.75, 3.05) is 7.11 Å². The molecule has 0 radical (unpaired) electrons. The Morgan fingerprint density at radius 1 is 1.50 bits per heavy atom. The zero-order valence-corrected chi connectivity index (χ0v) is 11.5. The highest BCUT2D eigenvalue weighted by molar-refractivity contribution is 6.30. The molecule has 0 saturated heterocycles. The van der Waals surface area contributed by atoms with Crippen LogP contribution in [0.3, 0.4) is 0 Å². The first kappa shape index (κ1) is 14.6. The fourth-order valence-corrected chi connectivity index (χ4v) is 1.94. The average Bonchev–Trinajstić information content (AvgIpc) is 2.26. The van der Waals surface area contributed by atoms with E-state index in [1.807, 2.05) is 13.8 Å². The van der Waals surface area contributed by atoms with Gasteiger partial charge in [-0.15, -0.1) is 0 Å². The summed E-state index contributed by atoms with van der Waals surface area (Å²) < 4.78 is 5.25. The first-order valence-electron chi connectivity index (χ1n) is 5.71. The first-order chi connectivity index (χ1) is 8.43. The van der Waals surface area contributed by atoms with Crippen LogP contribution in [0.25, 0.3) is 5.57 Å². The number of allylic oxidation sites excluding steroid dienone is 1. The summed E-state index contributed by atoms with van der Waals surface area (Å²) in [7, 11) is 1.56. The van der Waals surface area contributed by atoms with Crippen molar-refractivity contribution in [2.45, 2.75) is 20.3 Å². The van der Waals surface area contributed by atoms with E-state index in [0.717, 1.165) is 11.1 Å². The third kappa shape index (κ3) is 4.08. The molecule has 0 heterocycles. The lowest BCUT2D eigenvalue weighted by atomic mass is 9.95. The molecule has 0 saturated carbocycles. The summed E-state index contributed by atoms with van der Waals surface area (Å²) in [6.45, 7) is 4.07. The van der Waals surface area contributed by atoms with E-state index in [2.05, 4.69) is 0 Å². The molecule has 0 bridgehead atoms. The molecule has 0 amide bonds. The molecule has 4 heteroatoms. The first-order valence-corrected chi connectivity index (χ1v) is 6.09. The maximum Gasteiger partial charge on any atom is 0.328 e. The predicted octanol–water partition coefficient (Wildman–Crippen LogP) is 3.86. The van der Waals surface area contributed by atoms with Crippen LogP contribution in [0.4, 0.5) is 0 Å². The summed E-state index contributed by atoms with van der Waals surface area (Å²) >= 11 is 5.96. The molecule has 3 nitrogen and oxygen atoms in total. The smallest absolute Gasteiger partial charge is 0.328 e. The summed E-state index contributed by atoms with van der Waals surface area (Å²) in [6.07, 6.45) is 1.87. The number of carboxylic acids is 1. The Labute approximate surface area is 112 Å². The Kier molecular flexibility index (Phi) is 5.23. The van der Waals surface area contributed by atoms with Gasteiger partial charge in [0.2, 0.25) is 0 Å². The molecule has 18 heavy (non-hydrogen) atoms. The number of aliphatic carboxylic acids is 1. The van der Waals surface area contributed by atoms with E-state index in [1.165, 1.54) is 6.08 Å². The number of rotatable bonds is 5. The van der Waals surface area contributed by atoms with E-state index in [9.17, 15) is 4.79 Å². The van der Waals surface area contributed by atoms with Gasteiger partial charge in [0.25, 0.3) is 0 Å². The van der Waals surface area contributed by atoms with Gasteiger partial charge in [0.05, 0.1) is 7.11 Å². The predicted molar refractivity (Wildman–Crippen MR) is 73.1 cm³/mol. The van der Waals surface area contributed by atoms with Gasteiger partial charge in [-0.2, -0.15) is 0 Å². The number of carboxylic acid groups (broad SMARTS) is 1. The van der Waals surface area contributed by atoms with Crippen LogP contribution in [0.1, 0.15) is 25.8 Å². The minimum atomic E-state index is -0.965. The van der Waals surface area contributed by atoms with Crippen LogP contribution in [0.5, 0.6) is 5.75 Å². The summed E-state index contributed by atoms with van der Waals surface area (Å²) in [6, 6.07) is 5.20. The lowest BCUT2D eigenvalue weighted by molar-refractivity contribution is -0.131. The Balaban J connectivity index is 3.27. The highest BCUT2D eigenvalue weighted by Crippen LogP contribution is 2.32. The summed E-state index contributed by atoms with van der Waals surface area (Å²) in [5.74, 6) is 0.0134. The van der Waals surface area contributed by atoms with E-state index >= 15 is 0 Å². The van der Waals surface area contributed by atoms with Crippen LogP contribution < -0.4 is 4.74 Å². The van der Waals surface area contributed by atoms with Gasteiger partial charge in [-0.1, -0.05) is 25.4 Å². The Morgan fingerprint density at radius 3 is 2.67 bits per heavy atom. The zero-order valence-electron chi connectivity index (χ0n) is 10.7. The van der Waals surface area contributed by atoms with Crippen LogP contribution >= 0.6 is 11.6 Å². The molecule has 0 unspecified atom stereocenters. The number of hydrogen-bond acceptors (Lipinski definition) is 2. The topological polar surface area (TPSA) is 46.5 Å². The highest BCUT2D eigenvalue weighted by atomic mass is 35.5. The van der Waals surface area contributed by atoms with Crippen molar-refractivity contribution in [3.8, 4) is 5.75 Å². The number of methoxy groups -OCH3 is 1. The maximum atomic E-state index is 10.9. The van der Waals surface area contributed by atoms with E-state index in [4.69, 9.17) is 21.4 Å². The number of hydrogen-bond donors (Lipinski definition) is 1. The van der Waals surface area contributed by atoms with E-state index in [-0.39, 0.29) is 0 Å². The standard InChI is InChI=1S/C14H17ClO3/c1-9(2)6-10(7-14(16)17)12-8-11(15)4-5-13(12)18-3/h4-5,7-9H,6H2,1-3H3,(H,16,17)/b10-7+. The van der Waals surface area contributed by atoms with Crippen molar-refractivity contribution in [3.63, 3.8) is 0 Å². The van der Waals surface area contributed by atoms with Crippen LogP contribution in [-0.2, 0) is 4.79 Å². The number of ether oxygens (including phenoxy) is 1. The Morgan fingerprint density at radius 2 is 2.17 bits per heavy atom. The van der Waals surface area contributed by atoms with E-state index in [1.54, 1.807) is 25.3 Å². The summed E-state index contributed by atoms with van der Waals surface area (Å²) in [4.78, 5) is 10.9. The second-order valence-electron chi connectivity index (χ2n) is 4.45. The van der Waals surface area contributed by atoms with Gasteiger partial charge in [-0.25, -0.2) is 4.79 Å². The second-order valence-corrected chi connectivity index (χ2v) is 4.89. The molecular weight excluding hydrogens is 252 g/mol. The lowest BCUT2D eigenvalue weighted by Crippen LogP contribution is -1.99. The van der Waals surface area contributed by atoms with Crippen molar-refractivity contribution in [1.82, 2.24) is 0 Å². The second kappa shape index (κ2) is 6.45. The Bertz CT molecular complexity index is 464. The van der Waals surface area contributed by atoms with Crippen molar-refractivity contribution in [2.24, 2.45) is 5.92 Å². The Hall–Kier alpha value is -1.48. The van der Waals surface area contributed by atoms with Gasteiger partial charge in [0.15, 0.2) is 0 Å². The molecule has 1 aromatic carbocycles.